The largest absolute Gasteiger partial charge is 0.497 e. The molecule has 4 heteroatoms. The number of Topliss-reactive ketones (excluding diaryl/α,β-unsaturated/α-hetero) is 1. The number of ketones is 1. The summed E-state index contributed by atoms with van der Waals surface area (Å²) in [5.74, 6) is 1.28. The van der Waals surface area contributed by atoms with Crippen LogP contribution in [0, 0.1) is 0 Å². The second-order valence-electron chi connectivity index (χ2n) is 3.59. The van der Waals surface area contributed by atoms with Gasteiger partial charge in [-0.3, -0.25) is 4.79 Å². The van der Waals surface area contributed by atoms with E-state index >= 15 is 0 Å². The lowest BCUT2D eigenvalue weighted by Crippen LogP contribution is -2.04. The molecule has 0 saturated heterocycles. The van der Waals surface area contributed by atoms with Crippen molar-refractivity contribution < 1.29 is 19.0 Å². The van der Waals surface area contributed by atoms with Crippen LogP contribution in [0.4, 0.5) is 0 Å². The Labute approximate surface area is 101 Å². The maximum atomic E-state index is 11.9. The van der Waals surface area contributed by atoms with Crippen molar-refractivity contribution in [3.63, 3.8) is 0 Å². The van der Waals surface area contributed by atoms with Crippen LogP contribution in [-0.4, -0.2) is 33.7 Å². The SMILES string of the molecule is COCCCC(=O)c1ccc(OC)cc1OC. The zero-order valence-electron chi connectivity index (χ0n) is 10.5. The van der Waals surface area contributed by atoms with Crippen molar-refractivity contribution in [1.29, 1.82) is 0 Å². The van der Waals surface area contributed by atoms with Crippen molar-refractivity contribution in [2.24, 2.45) is 0 Å². The van der Waals surface area contributed by atoms with Gasteiger partial charge in [0.05, 0.1) is 19.8 Å². The van der Waals surface area contributed by atoms with Gasteiger partial charge in [0, 0.05) is 26.2 Å². The van der Waals surface area contributed by atoms with Gasteiger partial charge in [0.1, 0.15) is 11.5 Å². The number of rotatable bonds is 7. The number of ether oxygens (including phenoxy) is 3. The summed E-state index contributed by atoms with van der Waals surface area (Å²) < 4.78 is 15.2. The van der Waals surface area contributed by atoms with Crippen molar-refractivity contribution in [3.05, 3.63) is 23.8 Å². The Morgan fingerprint density at radius 2 is 1.94 bits per heavy atom. The van der Waals surface area contributed by atoms with Crippen LogP contribution >= 0.6 is 0 Å². The van der Waals surface area contributed by atoms with Crippen molar-refractivity contribution in [2.45, 2.75) is 12.8 Å². The van der Waals surface area contributed by atoms with Gasteiger partial charge >= 0.3 is 0 Å². The lowest BCUT2D eigenvalue weighted by atomic mass is 10.1. The van der Waals surface area contributed by atoms with E-state index in [9.17, 15) is 4.79 Å². The van der Waals surface area contributed by atoms with Gasteiger partial charge in [-0.25, -0.2) is 0 Å². The highest BCUT2D eigenvalue weighted by atomic mass is 16.5. The zero-order chi connectivity index (χ0) is 12.7. The molecule has 0 aliphatic rings. The highest BCUT2D eigenvalue weighted by molar-refractivity contribution is 5.98. The summed E-state index contributed by atoms with van der Waals surface area (Å²) in [7, 11) is 4.74. The van der Waals surface area contributed by atoms with Crippen LogP contribution in [0.25, 0.3) is 0 Å². The highest BCUT2D eigenvalue weighted by Crippen LogP contribution is 2.25. The predicted molar refractivity (Wildman–Crippen MR) is 65.0 cm³/mol. The van der Waals surface area contributed by atoms with E-state index in [1.807, 2.05) is 0 Å². The summed E-state index contributed by atoms with van der Waals surface area (Å²) in [5, 5.41) is 0. The summed E-state index contributed by atoms with van der Waals surface area (Å²) in [5.41, 5.74) is 0.587. The second kappa shape index (κ2) is 6.91. The summed E-state index contributed by atoms with van der Waals surface area (Å²) in [6, 6.07) is 5.20. The Hall–Kier alpha value is -1.55. The average Bonchev–Trinajstić information content (AvgIpc) is 2.38. The molecule has 1 aromatic rings. The number of hydrogen-bond donors (Lipinski definition) is 0. The Morgan fingerprint density at radius 1 is 1.18 bits per heavy atom. The molecule has 0 aromatic heterocycles. The molecular formula is C13H18O4. The minimum Gasteiger partial charge on any atom is -0.497 e. The van der Waals surface area contributed by atoms with E-state index in [4.69, 9.17) is 14.2 Å². The van der Waals surface area contributed by atoms with Gasteiger partial charge in [-0.15, -0.1) is 0 Å². The molecule has 0 unspecified atom stereocenters. The zero-order valence-corrected chi connectivity index (χ0v) is 10.5. The van der Waals surface area contributed by atoms with Crippen molar-refractivity contribution >= 4 is 5.78 Å². The van der Waals surface area contributed by atoms with Gasteiger partial charge in [-0.05, 0) is 18.6 Å². The lowest BCUT2D eigenvalue weighted by Gasteiger charge is -2.09. The molecule has 0 saturated carbocycles. The first-order chi connectivity index (χ1) is 8.22. The fraction of sp³-hybridized carbons (Fsp3) is 0.462. The first-order valence-corrected chi connectivity index (χ1v) is 5.47. The Balaban J connectivity index is 2.78. The number of carbonyl (C=O) groups excluding carboxylic acids is 1. The number of benzene rings is 1. The van der Waals surface area contributed by atoms with E-state index in [0.29, 0.717) is 36.5 Å². The van der Waals surface area contributed by atoms with E-state index in [2.05, 4.69) is 0 Å². The molecule has 94 valence electrons. The van der Waals surface area contributed by atoms with E-state index in [1.165, 1.54) is 0 Å². The van der Waals surface area contributed by atoms with Gasteiger partial charge in [0.2, 0.25) is 0 Å². The highest BCUT2D eigenvalue weighted by Gasteiger charge is 2.12. The van der Waals surface area contributed by atoms with Gasteiger partial charge in [-0.2, -0.15) is 0 Å². The topological polar surface area (TPSA) is 44.8 Å². The van der Waals surface area contributed by atoms with Crippen LogP contribution in [0.5, 0.6) is 11.5 Å². The molecule has 0 bridgehead atoms. The van der Waals surface area contributed by atoms with Crippen LogP contribution in [-0.2, 0) is 4.74 Å². The molecule has 0 N–H and O–H groups in total. The van der Waals surface area contributed by atoms with Crippen LogP contribution < -0.4 is 9.47 Å². The molecule has 0 fully saturated rings. The molecule has 0 amide bonds. The van der Waals surface area contributed by atoms with Crippen molar-refractivity contribution in [1.82, 2.24) is 0 Å². The third-order valence-corrected chi connectivity index (χ3v) is 2.46. The van der Waals surface area contributed by atoms with E-state index < -0.39 is 0 Å². The molecular weight excluding hydrogens is 220 g/mol. The smallest absolute Gasteiger partial charge is 0.166 e. The lowest BCUT2D eigenvalue weighted by molar-refractivity contribution is 0.0960. The Kier molecular flexibility index (Phi) is 5.49. The molecule has 0 heterocycles. The maximum absolute atomic E-state index is 11.9. The van der Waals surface area contributed by atoms with E-state index in [-0.39, 0.29) is 5.78 Å². The first kappa shape index (κ1) is 13.5. The maximum Gasteiger partial charge on any atom is 0.166 e. The van der Waals surface area contributed by atoms with E-state index in [0.717, 1.165) is 0 Å². The van der Waals surface area contributed by atoms with Crippen LogP contribution in [0.3, 0.4) is 0 Å². The summed E-state index contributed by atoms with van der Waals surface area (Å²) in [6.45, 7) is 0.588. The number of hydrogen-bond acceptors (Lipinski definition) is 4. The van der Waals surface area contributed by atoms with Crippen molar-refractivity contribution in [2.75, 3.05) is 27.9 Å². The molecule has 17 heavy (non-hydrogen) atoms. The standard InChI is InChI=1S/C13H18O4/c1-15-8-4-5-12(14)11-7-6-10(16-2)9-13(11)17-3/h6-7,9H,4-5,8H2,1-3H3. The molecule has 1 rings (SSSR count). The third-order valence-electron chi connectivity index (χ3n) is 2.46. The number of carbonyl (C=O) groups is 1. The van der Waals surface area contributed by atoms with Crippen LogP contribution in [0.15, 0.2) is 18.2 Å². The molecule has 0 aliphatic heterocycles. The second-order valence-corrected chi connectivity index (χ2v) is 3.59. The Bertz CT molecular complexity index is 374. The number of methoxy groups -OCH3 is 3. The minimum atomic E-state index is 0.0570. The van der Waals surface area contributed by atoms with Gasteiger partial charge in [-0.1, -0.05) is 0 Å². The van der Waals surface area contributed by atoms with Gasteiger partial charge in [0.25, 0.3) is 0 Å². The average molecular weight is 238 g/mol. The predicted octanol–water partition coefficient (Wildman–Crippen LogP) is 2.31. The monoisotopic (exact) mass is 238 g/mol. The van der Waals surface area contributed by atoms with E-state index in [1.54, 1.807) is 39.5 Å². The first-order valence-electron chi connectivity index (χ1n) is 5.47. The summed E-state index contributed by atoms with van der Waals surface area (Å²) >= 11 is 0. The molecule has 0 radical (unpaired) electrons. The molecule has 1 aromatic carbocycles. The minimum absolute atomic E-state index is 0.0570. The fourth-order valence-electron chi connectivity index (χ4n) is 1.54. The molecule has 4 nitrogen and oxygen atoms in total. The van der Waals surface area contributed by atoms with Crippen molar-refractivity contribution in [3.8, 4) is 11.5 Å². The quantitative estimate of drug-likeness (QED) is 0.540. The summed E-state index contributed by atoms with van der Waals surface area (Å²) in [4.78, 5) is 11.9. The molecule has 0 aliphatic carbocycles. The normalized spacial score (nSPS) is 10.1. The molecule has 0 spiro atoms. The van der Waals surface area contributed by atoms with Gasteiger partial charge < -0.3 is 14.2 Å². The third kappa shape index (κ3) is 3.75. The van der Waals surface area contributed by atoms with Crippen LogP contribution in [0.2, 0.25) is 0 Å². The van der Waals surface area contributed by atoms with Crippen LogP contribution in [0.1, 0.15) is 23.2 Å². The summed E-state index contributed by atoms with van der Waals surface area (Å²) in [6.07, 6.45) is 1.17. The molecule has 0 atom stereocenters. The fourth-order valence-corrected chi connectivity index (χ4v) is 1.54. The van der Waals surface area contributed by atoms with Gasteiger partial charge in [0.15, 0.2) is 5.78 Å². The Morgan fingerprint density at radius 3 is 2.53 bits per heavy atom.